The summed E-state index contributed by atoms with van der Waals surface area (Å²) in [5.74, 6) is -1.24. The van der Waals surface area contributed by atoms with E-state index in [1.807, 2.05) is 42.5 Å². The normalized spacial score (nSPS) is 15.8. The molecule has 0 saturated heterocycles. The molecule has 0 radical (unpaired) electrons. The minimum absolute atomic E-state index is 0.0526. The summed E-state index contributed by atoms with van der Waals surface area (Å²) in [6, 6.07) is 17.9. The van der Waals surface area contributed by atoms with Gasteiger partial charge in [0, 0.05) is 25.3 Å². The quantitative estimate of drug-likeness (QED) is 0.306. The second-order valence-electron chi connectivity index (χ2n) is 9.64. The lowest BCUT2D eigenvalue weighted by molar-refractivity contribution is -0.124. The third kappa shape index (κ3) is 5.13. The van der Waals surface area contributed by atoms with Crippen LogP contribution in [0.1, 0.15) is 61.2 Å². The number of carbonyl (C=O) groups is 1. The van der Waals surface area contributed by atoms with Crippen molar-refractivity contribution in [2.45, 2.75) is 50.3 Å². The van der Waals surface area contributed by atoms with Crippen molar-refractivity contribution < 1.29 is 23.0 Å². The number of hydrogen-bond donors (Lipinski definition) is 1. The zero-order valence-corrected chi connectivity index (χ0v) is 21.5. The van der Waals surface area contributed by atoms with Crippen molar-refractivity contribution in [2.24, 2.45) is 0 Å². The van der Waals surface area contributed by atoms with Crippen LogP contribution in [0.2, 0.25) is 0 Å². The van der Waals surface area contributed by atoms with Crippen molar-refractivity contribution in [3.63, 3.8) is 0 Å². The Balaban J connectivity index is 1.72. The van der Waals surface area contributed by atoms with Gasteiger partial charge in [-0.15, -0.1) is 0 Å². The van der Waals surface area contributed by atoms with Crippen LogP contribution in [0.4, 0.5) is 8.78 Å². The molecular weight excluding hydrogens is 488 g/mol. The van der Waals surface area contributed by atoms with Crippen LogP contribution in [0.3, 0.4) is 0 Å². The predicted octanol–water partition coefficient (Wildman–Crippen LogP) is 6.10. The van der Waals surface area contributed by atoms with E-state index in [1.54, 1.807) is 30.9 Å². The number of amides is 1. The maximum atomic E-state index is 14.6. The van der Waals surface area contributed by atoms with Gasteiger partial charge < -0.3 is 19.4 Å². The summed E-state index contributed by atoms with van der Waals surface area (Å²) in [7, 11) is 3.12. The maximum absolute atomic E-state index is 14.6. The molecule has 6 nitrogen and oxygen atoms in total. The molecule has 198 valence electrons. The molecule has 2 atom stereocenters. The van der Waals surface area contributed by atoms with Crippen molar-refractivity contribution in [1.82, 2.24) is 14.9 Å². The monoisotopic (exact) mass is 519 g/mol. The molecular formula is C30H31F2N3O3. The highest BCUT2D eigenvalue weighted by Crippen LogP contribution is 2.35. The number of nitrogens with one attached hydrogen (secondary N) is 1. The summed E-state index contributed by atoms with van der Waals surface area (Å²) >= 11 is 0. The van der Waals surface area contributed by atoms with E-state index in [4.69, 9.17) is 14.5 Å². The Labute approximate surface area is 220 Å². The third-order valence-electron chi connectivity index (χ3n) is 7.22. The zero-order chi connectivity index (χ0) is 26.6. The van der Waals surface area contributed by atoms with Crippen molar-refractivity contribution in [3.8, 4) is 5.75 Å². The number of imidazole rings is 1. The smallest absolute Gasteiger partial charge is 0.247 e. The molecule has 2 unspecified atom stereocenters. The summed E-state index contributed by atoms with van der Waals surface area (Å²) in [6.07, 6.45) is 4.40. The van der Waals surface area contributed by atoms with Gasteiger partial charge in [-0.05, 0) is 36.1 Å². The molecule has 1 aliphatic carbocycles. The topological polar surface area (TPSA) is 65.4 Å². The van der Waals surface area contributed by atoms with Crippen LogP contribution in [0, 0.1) is 11.6 Å². The number of fused-ring (bicyclic) bond motifs is 1. The standard InChI is InChI=1S/C30H31F2N3O3/c1-37-22-15-13-19(14-16-22)27(30(36)33-21-11-7-4-8-12-21)35-26-18-24(32)23(31)17-25(26)34-29(35)28(38-2)20-9-5-3-6-10-20/h3,5-6,9-10,13-18,21,27-28H,4,7-8,11-12H2,1-2H3,(H,33,36). The van der Waals surface area contributed by atoms with E-state index in [-0.39, 0.29) is 17.5 Å². The molecule has 38 heavy (non-hydrogen) atoms. The molecule has 1 saturated carbocycles. The van der Waals surface area contributed by atoms with Gasteiger partial charge >= 0.3 is 0 Å². The number of hydrogen-bond acceptors (Lipinski definition) is 4. The lowest BCUT2D eigenvalue weighted by Gasteiger charge is -2.28. The first-order chi connectivity index (χ1) is 18.5. The highest BCUT2D eigenvalue weighted by Gasteiger charge is 2.33. The summed E-state index contributed by atoms with van der Waals surface area (Å²) in [4.78, 5) is 18.8. The number of halogens is 2. The number of ether oxygens (including phenoxy) is 2. The van der Waals surface area contributed by atoms with Crippen LogP contribution in [-0.2, 0) is 9.53 Å². The molecule has 1 amide bonds. The Morgan fingerprint density at radius 2 is 1.63 bits per heavy atom. The van der Waals surface area contributed by atoms with Gasteiger partial charge in [0.2, 0.25) is 5.91 Å². The summed E-state index contributed by atoms with van der Waals surface area (Å²) in [5.41, 5.74) is 2.00. The third-order valence-corrected chi connectivity index (χ3v) is 7.22. The average Bonchev–Trinajstić information content (AvgIpc) is 3.28. The van der Waals surface area contributed by atoms with Gasteiger partial charge in [-0.2, -0.15) is 0 Å². The van der Waals surface area contributed by atoms with Crippen LogP contribution < -0.4 is 10.1 Å². The maximum Gasteiger partial charge on any atom is 0.247 e. The largest absolute Gasteiger partial charge is 0.497 e. The van der Waals surface area contributed by atoms with Crippen molar-refractivity contribution in [1.29, 1.82) is 0 Å². The molecule has 0 aliphatic heterocycles. The van der Waals surface area contributed by atoms with Crippen LogP contribution in [0.15, 0.2) is 66.7 Å². The van der Waals surface area contributed by atoms with Crippen LogP contribution >= 0.6 is 0 Å². The Kier molecular flexibility index (Phi) is 7.69. The van der Waals surface area contributed by atoms with Gasteiger partial charge in [-0.25, -0.2) is 13.8 Å². The van der Waals surface area contributed by atoms with E-state index in [1.165, 1.54) is 0 Å². The molecule has 5 rings (SSSR count). The first kappa shape index (κ1) is 25.9. The number of aromatic nitrogens is 2. The lowest BCUT2D eigenvalue weighted by Crippen LogP contribution is -2.41. The molecule has 1 N–H and O–H groups in total. The van der Waals surface area contributed by atoms with Gasteiger partial charge in [-0.3, -0.25) is 4.79 Å². The van der Waals surface area contributed by atoms with Crippen LogP contribution in [0.25, 0.3) is 11.0 Å². The van der Waals surface area contributed by atoms with Crippen molar-refractivity contribution in [3.05, 3.63) is 95.3 Å². The van der Waals surface area contributed by atoms with Gasteiger partial charge in [0.1, 0.15) is 23.7 Å². The summed E-state index contributed by atoms with van der Waals surface area (Å²) in [6.45, 7) is 0. The highest BCUT2D eigenvalue weighted by molar-refractivity contribution is 5.87. The van der Waals surface area contributed by atoms with Gasteiger partial charge in [0.25, 0.3) is 0 Å². The summed E-state index contributed by atoms with van der Waals surface area (Å²) < 4.78 is 41.8. The first-order valence-corrected chi connectivity index (χ1v) is 12.9. The Bertz CT molecular complexity index is 1400. The van der Waals surface area contributed by atoms with E-state index >= 15 is 0 Å². The second kappa shape index (κ2) is 11.3. The van der Waals surface area contributed by atoms with E-state index < -0.39 is 23.8 Å². The molecule has 1 aliphatic rings. The summed E-state index contributed by atoms with van der Waals surface area (Å²) in [5, 5.41) is 3.22. The minimum Gasteiger partial charge on any atom is -0.497 e. The molecule has 1 heterocycles. The number of methoxy groups -OCH3 is 2. The average molecular weight is 520 g/mol. The van der Waals surface area contributed by atoms with Crippen molar-refractivity contribution in [2.75, 3.05) is 14.2 Å². The van der Waals surface area contributed by atoms with E-state index in [0.29, 0.717) is 22.7 Å². The van der Waals surface area contributed by atoms with E-state index in [2.05, 4.69) is 5.32 Å². The molecule has 3 aromatic carbocycles. The van der Waals surface area contributed by atoms with Crippen molar-refractivity contribution >= 4 is 16.9 Å². The first-order valence-electron chi connectivity index (χ1n) is 12.9. The number of rotatable bonds is 8. The fraction of sp³-hybridized carbons (Fsp3) is 0.333. The van der Waals surface area contributed by atoms with Gasteiger partial charge in [-0.1, -0.05) is 61.7 Å². The van der Waals surface area contributed by atoms with Crippen LogP contribution in [0.5, 0.6) is 5.75 Å². The molecule has 1 aromatic heterocycles. The Morgan fingerprint density at radius 3 is 2.29 bits per heavy atom. The van der Waals surface area contributed by atoms with Crippen LogP contribution in [-0.4, -0.2) is 35.7 Å². The minimum atomic E-state index is -1.01. The molecule has 0 bridgehead atoms. The Morgan fingerprint density at radius 1 is 0.947 bits per heavy atom. The molecule has 4 aromatic rings. The highest BCUT2D eigenvalue weighted by atomic mass is 19.2. The second-order valence-corrected chi connectivity index (χ2v) is 9.64. The SMILES string of the molecule is COc1ccc(C(C(=O)NC2CCCCC2)n2c(C(OC)c3ccccc3)nc3cc(F)c(F)cc32)cc1. The fourth-order valence-corrected chi connectivity index (χ4v) is 5.31. The lowest BCUT2D eigenvalue weighted by atomic mass is 9.94. The zero-order valence-electron chi connectivity index (χ0n) is 21.5. The number of nitrogens with zero attached hydrogens (tertiary/aromatic N) is 2. The van der Waals surface area contributed by atoms with E-state index in [9.17, 15) is 13.6 Å². The number of carbonyl (C=O) groups excluding carboxylic acids is 1. The fourth-order valence-electron chi connectivity index (χ4n) is 5.31. The van der Waals surface area contributed by atoms with Gasteiger partial charge in [0.05, 0.1) is 18.1 Å². The molecule has 1 fully saturated rings. The predicted molar refractivity (Wildman–Crippen MR) is 141 cm³/mol. The van der Waals surface area contributed by atoms with E-state index in [0.717, 1.165) is 49.8 Å². The van der Waals surface area contributed by atoms with Gasteiger partial charge in [0.15, 0.2) is 11.6 Å². The Hall–Kier alpha value is -3.78. The molecule has 0 spiro atoms. The molecule has 8 heteroatoms. The number of benzene rings is 3.